The zero-order valence-electron chi connectivity index (χ0n) is 7.40. The predicted octanol–water partition coefficient (Wildman–Crippen LogP) is 1.92. The first kappa shape index (κ1) is 8.78. The van der Waals surface area contributed by atoms with Crippen molar-refractivity contribution in [2.24, 2.45) is 0 Å². The third-order valence-electron chi connectivity index (χ3n) is 2.19. The Morgan fingerprint density at radius 1 is 1.69 bits per heavy atom. The average molecular weight is 199 g/mol. The van der Waals surface area contributed by atoms with Crippen LogP contribution in [-0.4, -0.2) is 24.4 Å². The Balaban J connectivity index is 2.29. The Bertz CT molecular complexity index is 305. The lowest BCUT2D eigenvalue weighted by Crippen LogP contribution is -2.27. The highest BCUT2D eigenvalue weighted by Crippen LogP contribution is 2.27. The van der Waals surface area contributed by atoms with Crippen LogP contribution < -0.4 is 4.90 Å². The Kier molecular flexibility index (Phi) is 2.38. The zero-order valence-corrected chi connectivity index (χ0v) is 8.16. The third-order valence-corrected chi connectivity index (χ3v) is 2.48. The molecule has 0 aliphatic carbocycles. The highest BCUT2D eigenvalue weighted by atomic mass is 35.5. The van der Waals surface area contributed by atoms with Crippen LogP contribution in [0, 0.1) is 0 Å². The molecule has 70 valence electrons. The molecule has 2 rings (SSSR count). The molecule has 1 unspecified atom stereocenters. The SMILES string of the molecule is CC1OCCN1c1ccncc1Cl. The van der Waals surface area contributed by atoms with E-state index >= 15 is 0 Å². The first-order valence-corrected chi connectivity index (χ1v) is 4.64. The first-order valence-electron chi connectivity index (χ1n) is 4.27. The Labute approximate surface area is 82.3 Å². The van der Waals surface area contributed by atoms with Crippen LogP contribution in [0.15, 0.2) is 18.5 Å². The van der Waals surface area contributed by atoms with Crippen molar-refractivity contribution >= 4 is 17.3 Å². The van der Waals surface area contributed by atoms with E-state index in [-0.39, 0.29) is 6.23 Å². The number of nitrogens with zero attached hydrogens (tertiary/aromatic N) is 2. The lowest BCUT2D eigenvalue weighted by Gasteiger charge is -2.22. The molecular formula is C9H11ClN2O. The fourth-order valence-electron chi connectivity index (χ4n) is 1.51. The van der Waals surface area contributed by atoms with Gasteiger partial charge in [0.05, 0.1) is 17.3 Å². The molecule has 0 aromatic carbocycles. The molecular weight excluding hydrogens is 188 g/mol. The monoisotopic (exact) mass is 198 g/mol. The summed E-state index contributed by atoms with van der Waals surface area (Å²) in [5.41, 5.74) is 1.00. The average Bonchev–Trinajstić information content (AvgIpc) is 2.52. The minimum Gasteiger partial charge on any atom is -0.357 e. The van der Waals surface area contributed by atoms with E-state index in [1.54, 1.807) is 12.4 Å². The maximum absolute atomic E-state index is 6.01. The van der Waals surface area contributed by atoms with Crippen molar-refractivity contribution in [3.05, 3.63) is 23.5 Å². The van der Waals surface area contributed by atoms with Gasteiger partial charge in [-0.2, -0.15) is 0 Å². The van der Waals surface area contributed by atoms with E-state index in [4.69, 9.17) is 16.3 Å². The summed E-state index contributed by atoms with van der Waals surface area (Å²) in [5.74, 6) is 0. The fourth-order valence-corrected chi connectivity index (χ4v) is 1.74. The van der Waals surface area contributed by atoms with Crippen molar-refractivity contribution in [1.29, 1.82) is 0 Å². The van der Waals surface area contributed by atoms with Crippen LogP contribution in [0.4, 0.5) is 5.69 Å². The van der Waals surface area contributed by atoms with Gasteiger partial charge in [-0.05, 0) is 13.0 Å². The van der Waals surface area contributed by atoms with Gasteiger partial charge in [0.1, 0.15) is 6.23 Å². The van der Waals surface area contributed by atoms with E-state index in [0.29, 0.717) is 5.02 Å². The normalized spacial score (nSPS) is 22.3. The molecule has 1 aromatic rings. The summed E-state index contributed by atoms with van der Waals surface area (Å²) >= 11 is 6.01. The van der Waals surface area contributed by atoms with Crippen LogP contribution in [0.1, 0.15) is 6.92 Å². The van der Waals surface area contributed by atoms with Crippen LogP contribution in [0.25, 0.3) is 0 Å². The van der Waals surface area contributed by atoms with Crippen molar-refractivity contribution in [3.8, 4) is 0 Å². The number of ether oxygens (including phenoxy) is 1. The topological polar surface area (TPSA) is 25.4 Å². The molecule has 13 heavy (non-hydrogen) atoms. The van der Waals surface area contributed by atoms with Crippen molar-refractivity contribution in [2.45, 2.75) is 13.2 Å². The third kappa shape index (κ3) is 1.62. The summed E-state index contributed by atoms with van der Waals surface area (Å²) in [6.07, 6.45) is 3.51. The Morgan fingerprint density at radius 3 is 3.15 bits per heavy atom. The van der Waals surface area contributed by atoms with Crippen molar-refractivity contribution in [3.63, 3.8) is 0 Å². The van der Waals surface area contributed by atoms with Crippen LogP contribution >= 0.6 is 11.6 Å². The Morgan fingerprint density at radius 2 is 2.54 bits per heavy atom. The molecule has 0 amide bonds. The molecule has 3 nitrogen and oxygen atoms in total. The van der Waals surface area contributed by atoms with E-state index < -0.39 is 0 Å². The number of halogens is 1. The first-order chi connectivity index (χ1) is 6.29. The van der Waals surface area contributed by atoms with Crippen LogP contribution in [-0.2, 0) is 4.74 Å². The van der Waals surface area contributed by atoms with Gasteiger partial charge in [0.25, 0.3) is 0 Å². The number of aromatic nitrogens is 1. The number of hydrogen-bond donors (Lipinski definition) is 0. The van der Waals surface area contributed by atoms with Gasteiger partial charge >= 0.3 is 0 Å². The summed E-state index contributed by atoms with van der Waals surface area (Å²) in [6.45, 7) is 3.68. The second kappa shape index (κ2) is 3.52. The minimum absolute atomic E-state index is 0.111. The summed E-state index contributed by atoms with van der Waals surface area (Å²) in [6, 6.07) is 1.91. The zero-order chi connectivity index (χ0) is 9.26. The smallest absolute Gasteiger partial charge is 0.127 e. The Hall–Kier alpha value is -0.800. The molecule has 0 radical (unpaired) electrons. The molecule has 1 fully saturated rings. The van der Waals surface area contributed by atoms with E-state index in [9.17, 15) is 0 Å². The van der Waals surface area contributed by atoms with Crippen molar-refractivity contribution in [2.75, 3.05) is 18.1 Å². The lowest BCUT2D eigenvalue weighted by atomic mass is 10.3. The van der Waals surface area contributed by atoms with E-state index in [1.165, 1.54) is 0 Å². The van der Waals surface area contributed by atoms with Crippen molar-refractivity contribution < 1.29 is 4.74 Å². The second-order valence-electron chi connectivity index (χ2n) is 2.99. The van der Waals surface area contributed by atoms with Crippen LogP contribution in [0.5, 0.6) is 0 Å². The molecule has 0 bridgehead atoms. The van der Waals surface area contributed by atoms with Crippen molar-refractivity contribution in [1.82, 2.24) is 4.98 Å². The van der Waals surface area contributed by atoms with Gasteiger partial charge in [0, 0.05) is 18.9 Å². The van der Waals surface area contributed by atoms with Gasteiger partial charge in [0.2, 0.25) is 0 Å². The van der Waals surface area contributed by atoms with Gasteiger partial charge in [-0.3, -0.25) is 4.98 Å². The molecule has 4 heteroatoms. The van der Waals surface area contributed by atoms with E-state index in [2.05, 4.69) is 9.88 Å². The van der Waals surface area contributed by atoms with E-state index in [0.717, 1.165) is 18.8 Å². The predicted molar refractivity (Wildman–Crippen MR) is 52.0 cm³/mol. The molecule has 0 spiro atoms. The number of pyridine rings is 1. The molecule has 1 aliphatic rings. The molecule has 0 N–H and O–H groups in total. The lowest BCUT2D eigenvalue weighted by molar-refractivity contribution is 0.127. The summed E-state index contributed by atoms with van der Waals surface area (Å²) < 4.78 is 5.42. The minimum atomic E-state index is 0.111. The molecule has 0 saturated carbocycles. The summed E-state index contributed by atoms with van der Waals surface area (Å²) in [4.78, 5) is 6.07. The van der Waals surface area contributed by atoms with Gasteiger partial charge < -0.3 is 9.64 Å². The quantitative estimate of drug-likeness (QED) is 0.690. The van der Waals surface area contributed by atoms with Gasteiger partial charge in [0.15, 0.2) is 0 Å². The van der Waals surface area contributed by atoms with Crippen LogP contribution in [0.3, 0.4) is 0 Å². The molecule has 1 aromatic heterocycles. The molecule has 1 saturated heterocycles. The highest BCUT2D eigenvalue weighted by molar-refractivity contribution is 6.33. The van der Waals surface area contributed by atoms with Gasteiger partial charge in [-0.1, -0.05) is 11.6 Å². The number of anilines is 1. The number of rotatable bonds is 1. The van der Waals surface area contributed by atoms with Gasteiger partial charge in [-0.15, -0.1) is 0 Å². The maximum Gasteiger partial charge on any atom is 0.127 e. The summed E-state index contributed by atoms with van der Waals surface area (Å²) in [7, 11) is 0. The maximum atomic E-state index is 6.01. The number of hydrogen-bond acceptors (Lipinski definition) is 3. The molecule has 1 atom stereocenters. The fraction of sp³-hybridized carbons (Fsp3) is 0.444. The molecule has 2 heterocycles. The molecule has 1 aliphatic heterocycles. The summed E-state index contributed by atoms with van der Waals surface area (Å²) in [5, 5.41) is 0.680. The largest absolute Gasteiger partial charge is 0.357 e. The van der Waals surface area contributed by atoms with Gasteiger partial charge in [-0.25, -0.2) is 0 Å². The second-order valence-corrected chi connectivity index (χ2v) is 3.40. The highest BCUT2D eigenvalue weighted by Gasteiger charge is 2.22. The standard InChI is InChI=1S/C9H11ClN2O/c1-7-12(4-5-13-7)9-2-3-11-6-8(9)10/h2-3,6-7H,4-5H2,1H3. The van der Waals surface area contributed by atoms with E-state index in [1.807, 2.05) is 13.0 Å². The van der Waals surface area contributed by atoms with Crippen LogP contribution in [0.2, 0.25) is 5.02 Å².